The Balaban J connectivity index is 2.00. The maximum Gasteiger partial charge on any atom is 0.0431 e. The van der Waals surface area contributed by atoms with Gasteiger partial charge in [0.05, 0.1) is 0 Å². The second kappa shape index (κ2) is 8.08. The van der Waals surface area contributed by atoms with Crippen molar-refractivity contribution >= 4 is 0 Å². The number of likely N-dealkylation sites (N-methyl/N-ethyl adjacent to an activating group) is 1. The van der Waals surface area contributed by atoms with E-state index in [0.717, 1.165) is 6.42 Å². The molecule has 90 valence electrons. The molecule has 1 heterocycles. The molecule has 0 amide bonds. The summed E-state index contributed by atoms with van der Waals surface area (Å²) in [7, 11) is 2.21. The minimum absolute atomic E-state index is 0.356. The highest BCUT2D eigenvalue weighted by atomic mass is 16.2. The van der Waals surface area contributed by atoms with Crippen molar-refractivity contribution in [3.8, 4) is 0 Å². The SMILES string of the molecule is CN1CCCN(CCCCCCO)CC1. The van der Waals surface area contributed by atoms with Crippen molar-refractivity contribution in [2.75, 3.05) is 46.4 Å². The van der Waals surface area contributed by atoms with E-state index in [2.05, 4.69) is 16.8 Å². The van der Waals surface area contributed by atoms with Crippen molar-refractivity contribution in [2.24, 2.45) is 0 Å². The Morgan fingerprint density at radius 2 is 1.73 bits per heavy atom. The molecular weight excluding hydrogens is 188 g/mol. The number of rotatable bonds is 6. The Bertz CT molecular complexity index is 153. The van der Waals surface area contributed by atoms with E-state index in [4.69, 9.17) is 5.11 Å². The van der Waals surface area contributed by atoms with Crippen molar-refractivity contribution in [1.29, 1.82) is 0 Å². The van der Waals surface area contributed by atoms with E-state index in [9.17, 15) is 0 Å². The third kappa shape index (κ3) is 6.13. The van der Waals surface area contributed by atoms with Gasteiger partial charge >= 0.3 is 0 Å². The lowest BCUT2D eigenvalue weighted by Gasteiger charge is -2.19. The van der Waals surface area contributed by atoms with E-state index in [0.29, 0.717) is 6.61 Å². The van der Waals surface area contributed by atoms with Gasteiger partial charge in [0.1, 0.15) is 0 Å². The second-order valence-corrected chi connectivity index (χ2v) is 4.64. The number of aliphatic hydroxyl groups excluding tert-OH is 1. The molecule has 3 nitrogen and oxygen atoms in total. The molecule has 1 aliphatic heterocycles. The largest absolute Gasteiger partial charge is 0.396 e. The van der Waals surface area contributed by atoms with Gasteiger partial charge in [-0.15, -0.1) is 0 Å². The zero-order valence-electron chi connectivity index (χ0n) is 10.1. The molecule has 0 unspecified atom stereocenters. The highest BCUT2D eigenvalue weighted by molar-refractivity contribution is 4.66. The van der Waals surface area contributed by atoms with Crippen molar-refractivity contribution in [3.63, 3.8) is 0 Å². The van der Waals surface area contributed by atoms with Crippen LogP contribution in [0.15, 0.2) is 0 Å². The Morgan fingerprint density at radius 1 is 0.933 bits per heavy atom. The van der Waals surface area contributed by atoms with Gasteiger partial charge < -0.3 is 14.9 Å². The van der Waals surface area contributed by atoms with E-state index >= 15 is 0 Å². The van der Waals surface area contributed by atoms with Crippen LogP contribution in [0.3, 0.4) is 0 Å². The predicted octanol–water partition coefficient (Wildman–Crippen LogP) is 1.18. The Morgan fingerprint density at radius 3 is 2.53 bits per heavy atom. The maximum absolute atomic E-state index is 8.66. The predicted molar refractivity (Wildman–Crippen MR) is 64.1 cm³/mol. The fourth-order valence-corrected chi connectivity index (χ4v) is 2.12. The molecule has 1 fully saturated rings. The van der Waals surface area contributed by atoms with Crippen LogP contribution < -0.4 is 0 Å². The average Bonchev–Trinajstić information content (AvgIpc) is 2.43. The minimum Gasteiger partial charge on any atom is -0.396 e. The van der Waals surface area contributed by atoms with E-state index in [1.165, 1.54) is 58.4 Å². The van der Waals surface area contributed by atoms with Crippen molar-refractivity contribution < 1.29 is 5.11 Å². The summed E-state index contributed by atoms with van der Waals surface area (Å²) in [5, 5.41) is 8.66. The molecule has 0 atom stereocenters. The summed E-state index contributed by atoms with van der Waals surface area (Å²) in [5.74, 6) is 0. The van der Waals surface area contributed by atoms with Crippen molar-refractivity contribution in [3.05, 3.63) is 0 Å². The Labute approximate surface area is 94.1 Å². The molecule has 1 aliphatic rings. The summed E-state index contributed by atoms with van der Waals surface area (Å²) in [4.78, 5) is 5.01. The number of nitrogens with zero attached hydrogens (tertiary/aromatic N) is 2. The molecule has 0 spiro atoms. The van der Waals surface area contributed by atoms with Gasteiger partial charge in [0.25, 0.3) is 0 Å². The first kappa shape index (κ1) is 12.9. The fraction of sp³-hybridized carbons (Fsp3) is 1.00. The molecule has 3 heteroatoms. The third-order valence-corrected chi connectivity index (χ3v) is 3.19. The molecule has 1 saturated heterocycles. The van der Waals surface area contributed by atoms with Crippen LogP contribution in [0.25, 0.3) is 0 Å². The molecule has 0 saturated carbocycles. The van der Waals surface area contributed by atoms with E-state index in [-0.39, 0.29) is 0 Å². The summed E-state index contributed by atoms with van der Waals surface area (Å²) >= 11 is 0. The quantitative estimate of drug-likeness (QED) is 0.673. The monoisotopic (exact) mass is 214 g/mol. The first-order chi connectivity index (χ1) is 7.33. The highest BCUT2D eigenvalue weighted by Crippen LogP contribution is 2.05. The molecule has 0 bridgehead atoms. The Kier molecular flexibility index (Phi) is 6.98. The van der Waals surface area contributed by atoms with Gasteiger partial charge in [-0.05, 0) is 45.9 Å². The molecule has 1 N–H and O–H groups in total. The van der Waals surface area contributed by atoms with Crippen LogP contribution in [-0.2, 0) is 0 Å². The van der Waals surface area contributed by atoms with Crippen LogP contribution >= 0.6 is 0 Å². The lowest BCUT2D eigenvalue weighted by atomic mass is 10.2. The van der Waals surface area contributed by atoms with E-state index in [1.54, 1.807) is 0 Å². The molecule has 15 heavy (non-hydrogen) atoms. The van der Waals surface area contributed by atoms with Crippen LogP contribution in [-0.4, -0.2) is 61.3 Å². The number of aliphatic hydroxyl groups is 1. The van der Waals surface area contributed by atoms with Gasteiger partial charge in [-0.1, -0.05) is 12.8 Å². The lowest BCUT2D eigenvalue weighted by molar-refractivity contribution is 0.262. The van der Waals surface area contributed by atoms with Gasteiger partial charge in [0, 0.05) is 19.7 Å². The molecule has 1 rings (SSSR count). The van der Waals surface area contributed by atoms with Crippen LogP contribution in [0, 0.1) is 0 Å². The van der Waals surface area contributed by atoms with Gasteiger partial charge in [0.2, 0.25) is 0 Å². The fourth-order valence-electron chi connectivity index (χ4n) is 2.12. The third-order valence-electron chi connectivity index (χ3n) is 3.19. The summed E-state index contributed by atoms with van der Waals surface area (Å²) in [6, 6.07) is 0. The number of unbranched alkanes of at least 4 members (excludes halogenated alkanes) is 3. The van der Waals surface area contributed by atoms with Gasteiger partial charge in [-0.2, -0.15) is 0 Å². The molecular formula is C12H26N2O. The topological polar surface area (TPSA) is 26.7 Å². The molecule has 0 aliphatic carbocycles. The van der Waals surface area contributed by atoms with Crippen molar-refractivity contribution in [2.45, 2.75) is 32.1 Å². The van der Waals surface area contributed by atoms with E-state index in [1.807, 2.05) is 0 Å². The molecule has 0 radical (unpaired) electrons. The summed E-state index contributed by atoms with van der Waals surface area (Å²) in [6.07, 6.45) is 6.04. The van der Waals surface area contributed by atoms with Crippen molar-refractivity contribution in [1.82, 2.24) is 9.80 Å². The minimum atomic E-state index is 0.356. The number of hydrogen-bond acceptors (Lipinski definition) is 3. The second-order valence-electron chi connectivity index (χ2n) is 4.64. The Hall–Kier alpha value is -0.120. The highest BCUT2D eigenvalue weighted by Gasteiger charge is 2.10. The summed E-state index contributed by atoms with van der Waals surface area (Å²) in [5.41, 5.74) is 0. The van der Waals surface area contributed by atoms with Crippen LogP contribution in [0.2, 0.25) is 0 Å². The van der Waals surface area contributed by atoms with Crippen LogP contribution in [0.5, 0.6) is 0 Å². The maximum atomic E-state index is 8.66. The van der Waals surface area contributed by atoms with E-state index < -0.39 is 0 Å². The molecule has 0 aromatic heterocycles. The lowest BCUT2D eigenvalue weighted by Crippen LogP contribution is -2.29. The zero-order valence-corrected chi connectivity index (χ0v) is 10.1. The zero-order chi connectivity index (χ0) is 10.9. The van der Waals surface area contributed by atoms with Gasteiger partial charge in [-0.3, -0.25) is 0 Å². The standard InChI is InChI=1S/C12H26N2O/c1-13-7-6-9-14(11-10-13)8-4-2-3-5-12-15/h15H,2-12H2,1H3. The van der Waals surface area contributed by atoms with Gasteiger partial charge in [-0.25, -0.2) is 0 Å². The summed E-state index contributed by atoms with van der Waals surface area (Å²) in [6.45, 7) is 6.58. The van der Waals surface area contributed by atoms with Crippen LogP contribution in [0.4, 0.5) is 0 Å². The normalized spacial score (nSPS) is 20.4. The van der Waals surface area contributed by atoms with Gasteiger partial charge in [0.15, 0.2) is 0 Å². The first-order valence-corrected chi connectivity index (χ1v) is 6.34. The average molecular weight is 214 g/mol. The van der Waals surface area contributed by atoms with Crippen LogP contribution in [0.1, 0.15) is 32.1 Å². The molecule has 0 aromatic carbocycles. The summed E-state index contributed by atoms with van der Waals surface area (Å²) < 4.78 is 0. The smallest absolute Gasteiger partial charge is 0.0431 e. The first-order valence-electron chi connectivity index (χ1n) is 6.34. The molecule has 0 aromatic rings. The number of hydrogen-bond donors (Lipinski definition) is 1.